The largest absolute Gasteiger partial charge is 0.309 e. The van der Waals surface area contributed by atoms with Crippen molar-refractivity contribution in [1.29, 1.82) is 0 Å². The van der Waals surface area contributed by atoms with Crippen molar-refractivity contribution in [1.82, 2.24) is 4.57 Å². The number of benzene rings is 9. The first-order valence-electron chi connectivity index (χ1n) is 19.2. The molecular formula is C54H38N2. The standard InChI is InChI=1S/C54H38N2/c1-4-19-39(20-5-1)40-35-37-43(38-36-40)55(50-31-15-12-25-44(50)41-21-6-2-7-22-41)51-32-16-13-28-47(51)45-26-10-11-27-46(45)48-30-18-34-53-54(48)49-29-14-17-33-52(49)56(53)42-23-8-3-9-24-42/h1-38H. The van der Waals surface area contributed by atoms with Crippen molar-refractivity contribution < 1.29 is 0 Å². The molecule has 9 aromatic carbocycles. The zero-order chi connectivity index (χ0) is 37.3. The molecule has 56 heavy (non-hydrogen) atoms. The van der Waals surface area contributed by atoms with E-state index in [2.05, 4.69) is 240 Å². The quantitative estimate of drug-likeness (QED) is 0.152. The Labute approximate surface area is 327 Å². The highest BCUT2D eigenvalue weighted by Gasteiger charge is 2.23. The maximum absolute atomic E-state index is 2.44. The third kappa shape index (κ3) is 5.85. The molecule has 0 spiro atoms. The molecule has 0 saturated heterocycles. The zero-order valence-electron chi connectivity index (χ0n) is 30.8. The molecule has 0 fully saturated rings. The van der Waals surface area contributed by atoms with Crippen LogP contribution >= 0.6 is 0 Å². The van der Waals surface area contributed by atoms with E-state index in [-0.39, 0.29) is 0 Å². The van der Waals surface area contributed by atoms with E-state index in [0.29, 0.717) is 0 Å². The molecule has 0 amide bonds. The molecule has 2 nitrogen and oxygen atoms in total. The van der Waals surface area contributed by atoms with Crippen molar-refractivity contribution in [2.75, 3.05) is 4.90 Å². The van der Waals surface area contributed by atoms with Crippen LogP contribution in [0.25, 0.3) is 72.0 Å². The van der Waals surface area contributed by atoms with Crippen LogP contribution in [0, 0.1) is 0 Å². The Kier molecular flexibility index (Phi) is 8.55. The number of hydrogen-bond acceptors (Lipinski definition) is 1. The van der Waals surface area contributed by atoms with E-state index in [1.54, 1.807) is 0 Å². The molecule has 0 atom stereocenters. The van der Waals surface area contributed by atoms with Crippen molar-refractivity contribution in [3.05, 3.63) is 231 Å². The minimum atomic E-state index is 1.09. The van der Waals surface area contributed by atoms with E-state index in [1.165, 1.54) is 60.8 Å². The number of fused-ring (bicyclic) bond motifs is 3. The van der Waals surface area contributed by atoms with E-state index < -0.39 is 0 Å². The van der Waals surface area contributed by atoms with Gasteiger partial charge in [-0.05, 0) is 81.9 Å². The van der Waals surface area contributed by atoms with Crippen LogP contribution in [0.4, 0.5) is 17.1 Å². The Balaban J connectivity index is 1.20. The van der Waals surface area contributed by atoms with Crippen molar-refractivity contribution in [2.45, 2.75) is 0 Å². The molecule has 1 heterocycles. The first-order chi connectivity index (χ1) is 27.8. The monoisotopic (exact) mass is 714 g/mol. The Morgan fingerprint density at radius 2 is 0.750 bits per heavy atom. The van der Waals surface area contributed by atoms with E-state index in [9.17, 15) is 0 Å². The highest BCUT2D eigenvalue weighted by Crippen LogP contribution is 2.48. The van der Waals surface area contributed by atoms with Crippen LogP contribution in [0.5, 0.6) is 0 Å². The lowest BCUT2D eigenvalue weighted by Gasteiger charge is -2.30. The molecule has 264 valence electrons. The molecule has 2 heteroatoms. The molecule has 10 aromatic rings. The Bertz CT molecular complexity index is 2940. The number of nitrogens with zero attached hydrogens (tertiary/aromatic N) is 2. The number of aromatic nitrogens is 1. The molecule has 1 aromatic heterocycles. The normalized spacial score (nSPS) is 11.2. The van der Waals surface area contributed by atoms with E-state index >= 15 is 0 Å². The predicted molar refractivity (Wildman–Crippen MR) is 237 cm³/mol. The number of anilines is 3. The predicted octanol–water partition coefficient (Wildman–Crippen LogP) is 14.9. The first-order valence-corrected chi connectivity index (χ1v) is 19.2. The summed E-state index contributed by atoms with van der Waals surface area (Å²) in [5.41, 5.74) is 16.3. The number of hydrogen-bond donors (Lipinski definition) is 0. The Morgan fingerprint density at radius 3 is 1.45 bits per heavy atom. The van der Waals surface area contributed by atoms with Gasteiger partial charge in [-0.3, -0.25) is 0 Å². The second-order valence-corrected chi connectivity index (χ2v) is 14.1. The second kappa shape index (κ2) is 14.4. The smallest absolute Gasteiger partial charge is 0.0547 e. The van der Waals surface area contributed by atoms with E-state index in [0.717, 1.165) is 28.3 Å². The average Bonchev–Trinajstić information content (AvgIpc) is 3.63. The molecule has 0 aliphatic carbocycles. The molecule has 0 radical (unpaired) electrons. The lowest BCUT2D eigenvalue weighted by molar-refractivity contribution is 1.18. The van der Waals surface area contributed by atoms with Crippen molar-refractivity contribution in [3.8, 4) is 50.2 Å². The third-order valence-electron chi connectivity index (χ3n) is 10.8. The maximum Gasteiger partial charge on any atom is 0.0547 e. The minimum Gasteiger partial charge on any atom is -0.309 e. The molecule has 0 bridgehead atoms. The highest BCUT2D eigenvalue weighted by molar-refractivity contribution is 6.17. The molecule has 0 N–H and O–H groups in total. The Hall–Kier alpha value is -7.42. The van der Waals surface area contributed by atoms with Crippen molar-refractivity contribution in [3.63, 3.8) is 0 Å². The van der Waals surface area contributed by atoms with Gasteiger partial charge in [0.05, 0.1) is 22.4 Å². The lowest BCUT2D eigenvalue weighted by Crippen LogP contribution is -2.12. The van der Waals surface area contributed by atoms with Gasteiger partial charge in [0.2, 0.25) is 0 Å². The van der Waals surface area contributed by atoms with Crippen LogP contribution in [0.1, 0.15) is 0 Å². The second-order valence-electron chi connectivity index (χ2n) is 14.1. The van der Waals surface area contributed by atoms with Crippen LogP contribution in [-0.4, -0.2) is 4.57 Å². The molecular weight excluding hydrogens is 677 g/mol. The van der Waals surface area contributed by atoms with Gasteiger partial charge in [-0.1, -0.05) is 182 Å². The van der Waals surface area contributed by atoms with Crippen LogP contribution in [-0.2, 0) is 0 Å². The van der Waals surface area contributed by atoms with Crippen molar-refractivity contribution >= 4 is 38.9 Å². The van der Waals surface area contributed by atoms with Gasteiger partial charge in [0.1, 0.15) is 0 Å². The van der Waals surface area contributed by atoms with Crippen molar-refractivity contribution in [2.24, 2.45) is 0 Å². The molecule has 0 saturated carbocycles. The summed E-state index contributed by atoms with van der Waals surface area (Å²) in [6.07, 6.45) is 0. The van der Waals surface area contributed by atoms with Crippen LogP contribution in [0.3, 0.4) is 0 Å². The SMILES string of the molecule is c1ccc(-c2ccc(N(c3ccccc3-c3ccccc3)c3ccccc3-c3ccccc3-c3cccc4c3c3ccccc3n4-c3ccccc3)cc2)cc1. The fourth-order valence-electron chi connectivity index (χ4n) is 8.32. The molecule has 10 rings (SSSR count). The lowest BCUT2D eigenvalue weighted by atomic mass is 9.90. The molecule has 0 aliphatic heterocycles. The van der Waals surface area contributed by atoms with Gasteiger partial charge in [0.25, 0.3) is 0 Å². The van der Waals surface area contributed by atoms with Crippen LogP contribution < -0.4 is 4.90 Å². The van der Waals surface area contributed by atoms with Gasteiger partial charge >= 0.3 is 0 Å². The highest BCUT2D eigenvalue weighted by atomic mass is 15.1. The summed E-state index contributed by atoms with van der Waals surface area (Å²) in [4.78, 5) is 2.44. The summed E-state index contributed by atoms with van der Waals surface area (Å²) in [5.74, 6) is 0. The molecule has 0 unspecified atom stereocenters. The van der Waals surface area contributed by atoms with Gasteiger partial charge in [0.15, 0.2) is 0 Å². The fraction of sp³-hybridized carbons (Fsp3) is 0. The molecule has 0 aliphatic rings. The maximum atomic E-state index is 2.44. The topological polar surface area (TPSA) is 8.17 Å². The van der Waals surface area contributed by atoms with E-state index in [4.69, 9.17) is 0 Å². The fourth-order valence-corrected chi connectivity index (χ4v) is 8.32. The third-order valence-corrected chi connectivity index (χ3v) is 10.8. The summed E-state index contributed by atoms with van der Waals surface area (Å²) in [6.45, 7) is 0. The summed E-state index contributed by atoms with van der Waals surface area (Å²) in [5, 5.41) is 2.49. The van der Waals surface area contributed by atoms with Crippen LogP contribution in [0.2, 0.25) is 0 Å². The van der Waals surface area contributed by atoms with Crippen LogP contribution in [0.15, 0.2) is 231 Å². The number of rotatable bonds is 8. The zero-order valence-corrected chi connectivity index (χ0v) is 30.8. The summed E-state index contributed by atoms with van der Waals surface area (Å²) < 4.78 is 2.39. The van der Waals surface area contributed by atoms with Gasteiger partial charge in [0, 0.05) is 33.3 Å². The Morgan fingerprint density at radius 1 is 0.286 bits per heavy atom. The van der Waals surface area contributed by atoms with Gasteiger partial charge < -0.3 is 9.47 Å². The number of para-hydroxylation sites is 4. The summed E-state index contributed by atoms with van der Waals surface area (Å²) >= 11 is 0. The van der Waals surface area contributed by atoms with E-state index in [1.807, 2.05) is 0 Å². The first kappa shape index (κ1) is 33.2. The summed E-state index contributed by atoms with van der Waals surface area (Å²) in [6, 6.07) is 83.0. The van der Waals surface area contributed by atoms with Gasteiger partial charge in [-0.2, -0.15) is 0 Å². The van der Waals surface area contributed by atoms with Gasteiger partial charge in [-0.15, -0.1) is 0 Å². The average molecular weight is 715 g/mol. The minimum absolute atomic E-state index is 1.09. The van der Waals surface area contributed by atoms with Gasteiger partial charge in [-0.25, -0.2) is 0 Å². The summed E-state index contributed by atoms with van der Waals surface area (Å²) in [7, 11) is 0.